The summed E-state index contributed by atoms with van der Waals surface area (Å²) in [4.78, 5) is 3.87. The lowest BCUT2D eigenvalue weighted by Gasteiger charge is -2.17. The first-order valence-electron chi connectivity index (χ1n) is 5.34. The maximum Gasteiger partial charge on any atom is 0.141 e. The third-order valence-corrected chi connectivity index (χ3v) is 3.84. The molecule has 0 amide bonds. The van der Waals surface area contributed by atoms with E-state index in [1.807, 2.05) is 19.2 Å². The number of rotatable bonds is 3. The van der Waals surface area contributed by atoms with Crippen molar-refractivity contribution in [2.45, 2.75) is 6.04 Å². The molecule has 0 saturated heterocycles. The Balaban J connectivity index is 2.42. The van der Waals surface area contributed by atoms with Crippen molar-refractivity contribution in [1.29, 1.82) is 0 Å². The molecule has 18 heavy (non-hydrogen) atoms. The number of benzene rings is 1. The molecular weight excluding hydrogens is 319 g/mol. The van der Waals surface area contributed by atoms with Crippen molar-refractivity contribution >= 4 is 27.5 Å². The molecule has 0 radical (unpaired) electrons. The SMILES string of the molecule is CNC(c1cncc(F)c1)c1ccc(Cl)c(Br)c1. The first-order valence-corrected chi connectivity index (χ1v) is 6.51. The van der Waals surface area contributed by atoms with Crippen LogP contribution in [0.5, 0.6) is 0 Å². The van der Waals surface area contributed by atoms with Crippen LogP contribution in [0.4, 0.5) is 4.39 Å². The molecule has 5 heteroatoms. The van der Waals surface area contributed by atoms with Crippen LogP contribution in [0, 0.1) is 5.82 Å². The minimum atomic E-state index is -0.347. The summed E-state index contributed by atoms with van der Waals surface area (Å²) in [6.07, 6.45) is 2.83. The van der Waals surface area contributed by atoms with Crippen LogP contribution in [0.3, 0.4) is 0 Å². The largest absolute Gasteiger partial charge is 0.309 e. The van der Waals surface area contributed by atoms with Gasteiger partial charge in [-0.3, -0.25) is 4.98 Å². The lowest BCUT2D eigenvalue weighted by atomic mass is 10.0. The smallest absolute Gasteiger partial charge is 0.141 e. The van der Waals surface area contributed by atoms with Crippen molar-refractivity contribution in [1.82, 2.24) is 10.3 Å². The second kappa shape index (κ2) is 5.78. The third kappa shape index (κ3) is 2.88. The van der Waals surface area contributed by atoms with Crippen LogP contribution < -0.4 is 5.32 Å². The summed E-state index contributed by atoms with van der Waals surface area (Å²) in [5.41, 5.74) is 1.76. The minimum Gasteiger partial charge on any atom is -0.309 e. The van der Waals surface area contributed by atoms with E-state index in [0.29, 0.717) is 5.02 Å². The molecule has 0 spiro atoms. The van der Waals surface area contributed by atoms with Gasteiger partial charge < -0.3 is 5.32 Å². The van der Waals surface area contributed by atoms with E-state index >= 15 is 0 Å². The molecule has 2 aromatic rings. The van der Waals surface area contributed by atoms with Gasteiger partial charge >= 0.3 is 0 Å². The highest BCUT2D eigenvalue weighted by Crippen LogP contribution is 2.28. The van der Waals surface area contributed by atoms with Crippen LogP contribution in [0.2, 0.25) is 5.02 Å². The molecule has 1 heterocycles. The average Bonchev–Trinajstić information content (AvgIpc) is 2.35. The number of nitrogens with one attached hydrogen (secondary N) is 1. The fraction of sp³-hybridized carbons (Fsp3) is 0.154. The highest BCUT2D eigenvalue weighted by Gasteiger charge is 2.14. The topological polar surface area (TPSA) is 24.9 Å². The number of halogens is 3. The second-order valence-corrected chi connectivity index (χ2v) is 5.09. The lowest BCUT2D eigenvalue weighted by Crippen LogP contribution is -2.18. The number of pyridine rings is 1. The fourth-order valence-corrected chi connectivity index (χ4v) is 2.32. The molecule has 2 nitrogen and oxygen atoms in total. The Labute approximate surface area is 118 Å². The van der Waals surface area contributed by atoms with E-state index in [1.54, 1.807) is 12.3 Å². The molecule has 0 saturated carbocycles. The Hall–Kier alpha value is -0.970. The zero-order chi connectivity index (χ0) is 13.1. The summed E-state index contributed by atoms with van der Waals surface area (Å²) in [6.45, 7) is 0. The molecule has 2 rings (SSSR count). The monoisotopic (exact) mass is 328 g/mol. The van der Waals surface area contributed by atoms with Crippen molar-refractivity contribution in [2.24, 2.45) is 0 Å². The van der Waals surface area contributed by atoms with Crippen LogP contribution in [-0.2, 0) is 0 Å². The van der Waals surface area contributed by atoms with Crippen molar-refractivity contribution in [3.63, 3.8) is 0 Å². The summed E-state index contributed by atoms with van der Waals surface area (Å²) in [7, 11) is 1.82. The predicted molar refractivity (Wildman–Crippen MR) is 74.2 cm³/mol. The van der Waals surface area contributed by atoms with Crippen LogP contribution in [0.25, 0.3) is 0 Å². The molecular formula is C13H11BrClFN2. The van der Waals surface area contributed by atoms with E-state index in [2.05, 4.69) is 26.2 Å². The van der Waals surface area contributed by atoms with E-state index in [-0.39, 0.29) is 11.9 Å². The molecule has 1 unspecified atom stereocenters. The number of nitrogens with zero attached hydrogens (tertiary/aromatic N) is 1. The van der Waals surface area contributed by atoms with Crippen LogP contribution in [-0.4, -0.2) is 12.0 Å². The molecule has 0 aliphatic carbocycles. The number of hydrogen-bond donors (Lipinski definition) is 1. The van der Waals surface area contributed by atoms with Gasteiger partial charge in [0.2, 0.25) is 0 Å². The lowest BCUT2D eigenvalue weighted by molar-refractivity contribution is 0.608. The Morgan fingerprint density at radius 3 is 2.67 bits per heavy atom. The van der Waals surface area contributed by atoms with E-state index in [1.165, 1.54) is 12.3 Å². The highest BCUT2D eigenvalue weighted by molar-refractivity contribution is 9.10. The molecule has 1 aromatic heterocycles. The molecule has 1 N–H and O–H groups in total. The summed E-state index contributed by atoms with van der Waals surface area (Å²) in [5.74, 6) is -0.347. The fourth-order valence-electron chi connectivity index (χ4n) is 1.80. The van der Waals surface area contributed by atoms with E-state index in [9.17, 15) is 4.39 Å². The van der Waals surface area contributed by atoms with Gasteiger partial charge in [0.1, 0.15) is 5.82 Å². The van der Waals surface area contributed by atoms with Gasteiger partial charge in [-0.2, -0.15) is 0 Å². The van der Waals surface area contributed by atoms with E-state index in [0.717, 1.165) is 15.6 Å². The standard InChI is InChI=1S/C13H11BrClFN2/c1-17-13(9-4-10(16)7-18-6-9)8-2-3-12(15)11(14)5-8/h2-7,13,17H,1H3. The molecule has 94 valence electrons. The summed E-state index contributed by atoms with van der Waals surface area (Å²) >= 11 is 9.34. The number of hydrogen-bond acceptors (Lipinski definition) is 2. The number of aromatic nitrogens is 1. The van der Waals surface area contributed by atoms with Gasteiger partial charge in [-0.25, -0.2) is 4.39 Å². The molecule has 0 bridgehead atoms. The van der Waals surface area contributed by atoms with E-state index in [4.69, 9.17) is 11.6 Å². The van der Waals surface area contributed by atoms with Crippen molar-refractivity contribution < 1.29 is 4.39 Å². The molecule has 0 aliphatic heterocycles. The Bertz CT molecular complexity index is 562. The summed E-state index contributed by atoms with van der Waals surface area (Å²) in [6, 6.07) is 6.96. The average molecular weight is 330 g/mol. The summed E-state index contributed by atoms with van der Waals surface area (Å²) in [5, 5.41) is 3.78. The van der Waals surface area contributed by atoms with Gasteiger partial charge in [0, 0.05) is 10.7 Å². The first kappa shape index (κ1) is 13.5. The van der Waals surface area contributed by atoms with Gasteiger partial charge in [0.25, 0.3) is 0 Å². The second-order valence-electron chi connectivity index (χ2n) is 3.83. The zero-order valence-corrected chi connectivity index (χ0v) is 12.0. The molecule has 1 atom stereocenters. The maximum absolute atomic E-state index is 13.2. The van der Waals surface area contributed by atoms with Gasteiger partial charge in [0.15, 0.2) is 0 Å². The Morgan fingerprint density at radius 2 is 2.06 bits per heavy atom. The normalized spacial score (nSPS) is 12.4. The first-order chi connectivity index (χ1) is 8.61. The van der Waals surface area contributed by atoms with Gasteiger partial charge in [-0.1, -0.05) is 17.7 Å². The zero-order valence-electron chi connectivity index (χ0n) is 9.62. The quantitative estimate of drug-likeness (QED) is 0.922. The maximum atomic E-state index is 13.2. The Kier molecular flexibility index (Phi) is 4.32. The van der Waals surface area contributed by atoms with Gasteiger partial charge in [0.05, 0.1) is 17.3 Å². The molecule has 1 aromatic carbocycles. The predicted octanol–water partition coefficient (Wildman–Crippen LogP) is 3.95. The van der Waals surface area contributed by atoms with Gasteiger partial charge in [-0.15, -0.1) is 0 Å². The van der Waals surface area contributed by atoms with Crippen LogP contribution in [0.15, 0.2) is 41.1 Å². The minimum absolute atomic E-state index is 0.123. The van der Waals surface area contributed by atoms with Crippen molar-refractivity contribution in [3.8, 4) is 0 Å². The van der Waals surface area contributed by atoms with Crippen LogP contribution in [0.1, 0.15) is 17.2 Å². The van der Waals surface area contributed by atoms with E-state index < -0.39 is 0 Å². The van der Waals surface area contributed by atoms with Crippen LogP contribution >= 0.6 is 27.5 Å². The highest BCUT2D eigenvalue weighted by atomic mass is 79.9. The van der Waals surface area contributed by atoms with Crippen molar-refractivity contribution in [2.75, 3.05) is 7.05 Å². The Morgan fingerprint density at radius 1 is 1.28 bits per heavy atom. The summed E-state index contributed by atoms with van der Waals surface area (Å²) < 4.78 is 14.0. The van der Waals surface area contributed by atoms with Gasteiger partial charge in [-0.05, 0) is 52.3 Å². The molecule has 0 aliphatic rings. The third-order valence-electron chi connectivity index (χ3n) is 2.63. The van der Waals surface area contributed by atoms with Crippen molar-refractivity contribution in [3.05, 3.63) is 63.1 Å². The molecule has 0 fully saturated rings.